The van der Waals surface area contributed by atoms with Gasteiger partial charge in [0, 0.05) is 12.0 Å². The van der Waals surface area contributed by atoms with Crippen LogP contribution in [0.15, 0.2) is 24.3 Å². The quantitative estimate of drug-likeness (QED) is 0.806. The molecule has 0 radical (unpaired) electrons. The number of carboxylic acid groups (broad SMARTS) is 1. The maximum atomic E-state index is 13.0. The number of halogens is 1. The fraction of sp³-hybridized carbons (Fsp3) is 0.417. The Labute approximate surface area is 94.1 Å². The SMILES string of the molecule is CCC(N)C(CC(=O)O)c1cccc(F)c1. The lowest BCUT2D eigenvalue weighted by molar-refractivity contribution is -0.137. The first-order valence-corrected chi connectivity index (χ1v) is 5.27. The summed E-state index contributed by atoms with van der Waals surface area (Å²) in [5.41, 5.74) is 6.51. The molecule has 3 nitrogen and oxygen atoms in total. The summed E-state index contributed by atoms with van der Waals surface area (Å²) in [7, 11) is 0. The van der Waals surface area contributed by atoms with E-state index in [4.69, 9.17) is 10.8 Å². The van der Waals surface area contributed by atoms with Gasteiger partial charge in [-0.15, -0.1) is 0 Å². The van der Waals surface area contributed by atoms with Crippen LogP contribution in [-0.2, 0) is 4.79 Å². The summed E-state index contributed by atoms with van der Waals surface area (Å²) in [6, 6.07) is 5.70. The molecule has 1 aromatic rings. The Hall–Kier alpha value is -1.42. The minimum absolute atomic E-state index is 0.0710. The molecule has 0 spiro atoms. The molecule has 2 unspecified atom stereocenters. The van der Waals surface area contributed by atoms with Gasteiger partial charge in [0.2, 0.25) is 0 Å². The molecule has 0 amide bonds. The molecule has 0 fully saturated rings. The summed E-state index contributed by atoms with van der Waals surface area (Å²) in [5, 5.41) is 8.81. The number of carboxylic acids is 1. The van der Waals surface area contributed by atoms with Crippen molar-refractivity contribution in [3.8, 4) is 0 Å². The maximum absolute atomic E-state index is 13.0. The minimum atomic E-state index is -0.918. The summed E-state index contributed by atoms with van der Waals surface area (Å²) in [5.74, 6) is -1.62. The predicted molar refractivity (Wildman–Crippen MR) is 59.7 cm³/mol. The van der Waals surface area contributed by atoms with E-state index in [0.717, 1.165) is 0 Å². The molecular weight excluding hydrogens is 209 g/mol. The van der Waals surface area contributed by atoms with Gasteiger partial charge in [-0.1, -0.05) is 19.1 Å². The number of rotatable bonds is 5. The molecule has 0 aliphatic heterocycles. The Balaban J connectivity index is 2.95. The first-order chi connectivity index (χ1) is 7.54. The normalized spacial score (nSPS) is 14.4. The van der Waals surface area contributed by atoms with Crippen LogP contribution in [0.3, 0.4) is 0 Å². The topological polar surface area (TPSA) is 63.3 Å². The zero-order valence-corrected chi connectivity index (χ0v) is 9.19. The summed E-state index contributed by atoms with van der Waals surface area (Å²) in [4.78, 5) is 10.7. The van der Waals surface area contributed by atoms with Crippen LogP contribution in [0.2, 0.25) is 0 Å². The average Bonchev–Trinajstić information content (AvgIpc) is 2.24. The summed E-state index contributed by atoms with van der Waals surface area (Å²) >= 11 is 0. The largest absolute Gasteiger partial charge is 0.481 e. The molecule has 16 heavy (non-hydrogen) atoms. The smallest absolute Gasteiger partial charge is 0.304 e. The Bertz CT molecular complexity index is 368. The number of nitrogens with two attached hydrogens (primary N) is 1. The van der Waals surface area contributed by atoms with Crippen LogP contribution in [0.4, 0.5) is 4.39 Å². The van der Waals surface area contributed by atoms with Gasteiger partial charge in [0.15, 0.2) is 0 Å². The second-order valence-electron chi connectivity index (χ2n) is 3.83. The third-order valence-corrected chi connectivity index (χ3v) is 2.66. The number of aliphatic carboxylic acids is 1. The van der Waals surface area contributed by atoms with Crippen LogP contribution in [-0.4, -0.2) is 17.1 Å². The average molecular weight is 225 g/mol. The zero-order chi connectivity index (χ0) is 12.1. The fourth-order valence-corrected chi connectivity index (χ4v) is 1.73. The van der Waals surface area contributed by atoms with Gasteiger partial charge in [0.1, 0.15) is 5.82 Å². The first-order valence-electron chi connectivity index (χ1n) is 5.27. The molecular formula is C12H16FNO2. The van der Waals surface area contributed by atoms with Crippen LogP contribution < -0.4 is 5.73 Å². The van der Waals surface area contributed by atoms with E-state index in [1.807, 2.05) is 6.92 Å². The molecule has 0 heterocycles. The second-order valence-corrected chi connectivity index (χ2v) is 3.83. The van der Waals surface area contributed by atoms with Gasteiger partial charge < -0.3 is 10.8 Å². The zero-order valence-electron chi connectivity index (χ0n) is 9.19. The molecule has 0 saturated carbocycles. The highest BCUT2D eigenvalue weighted by molar-refractivity contribution is 5.68. The van der Waals surface area contributed by atoms with E-state index in [1.165, 1.54) is 12.1 Å². The van der Waals surface area contributed by atoms with Crippen LogP contribution >= 0.6 is 0 Å². The van der Waals surface area contributed by atoms with Crippen molar-refractivity contribution in [2.45, 2.75) is 31.7 Å². The molecule has 0 aliphatic rings. The van der Waals surface area contributed by atoms with Gasteiger partial charge in [-0.3, -0.25) is 4.79 Å². The van der Waals surface area contributed by atoms with E-state index in [2.05, 4.69) is 0 Å². The summed E-state index contributed by atoms with van der Waals surface area (Å²) in [6.07, 6.45) is 0.590. The van der Waals surface area contributed by atoms with Crippen LogP contribution in [0.5, 0.6) is 0 Å². The lowest BCUT2D eigenvalue weighted by Gasteiger charge is -2.21. The van der Waals surface area contributed by atoms with E-state index in [1.54, 1.807) is 12.1 Å². The first kappa shape index (κ1) is 12.6. The van der Waals surface area contributed by atoms with Gasteiger partial charge in [0.25, 0.3) is 0 Å². The Morgan fingerprint density at radius 2 is 2.25 bits per heavy atom. The lowest BCUT2D eigenvalue weighted by Crippen LogP contribution is -2.29. The van der Waals surface area contributed by atoms with Crippen molar-refractivity contribution in [2.24, 2.45) is 5.73 Å². The van der Waals surface area contributed by atoms with Crippen molar-refractivity contribution in [2.75, 3.05) is 0 Å². The van der Waals surface area contributed by atoms with E-state index >= 15 is 0 Å². The molecule has 88 valence electrons. The van der Waals surface area contributed by atoms with Crippen molar-refractivity contribution in [1.29, 1.82) is 0 Å². The van der Waals surface area contributed by atoms with Gasteiger partial charge in [0.05, 0.1) is 6.42 Å². The van der Waals surface area contributed by atoms with Gasteiger partial charge in [-0.25, -0.2) is 4.39 Å². The van der Waals surface area contributed by atoms with E-state index in [0.29, 0.717) is 12.0 Å². The lowest BCUT2D eigenvalue weighted by atomic mass is 9.87. The molecule has 0 aliphatic carbocycles. The monoisotopic (exact) mass is 225 g/mol. The maximum Gasteiger partial charge on any atom is 0.304 e. The van der Waals surface area contributed by atoms with Gasteiger partial charge in [-0.2, -0.15) is 0 Å². The van der Waals surface area contributed by atoms with E-state index < -0.39 is 5.97 Å². The van der Waals surface area contributed by atoms with Crippen molar-refractivity contribution in [3.05, 3.63) is 35.6 Å². The predicted octanol–water partition coefficient (Wildman–Crippen LogP) is 2.12. The summed E-state index contributed by atoms with van der Waals surface area (Å²) < 4.78 is 13.0. The Kier molecular flexibility index (Phi) is 4.43. The van der Waals surface area contributed by atoms with E-state index in [9.17, 15) is 9.18 Å². The summed E-state index contributed by atoms with van der Waals surface area (Å²) in [6.45, 7) is 1.89. The number of hydrogen-bond donors (Lipinski definition) is 2. The van der Waals surface area contributed by atoms with Crippen LogP contribution in [0.1, 0.15) is 31.2 Å². The molecule has 2 atom stereocenters. The number of carbonyl (C=O) groups is 1. The molecule has 1 aromatic carbocycles. The standard InChI is InChI=1S/C12H16FNO2/c1-2-11(14)10(7-12(15)16)8-4-3-5-9(13)6-8/h3-6,10-11H,2,7,14H2,1H3,(H,15,16). The Morgan fingerprint density at radius 1 is 1.56 bits per heavy atom. The second kappa shape index (κ2) is 5.61. The number of benzene rings is 1. The number of hydrogen-bond acceptors (Lipinski definition) is 2. The fourth-order valence-electron chi connectivity index (χ4n) is 1.73. The molecule has 0 bridgehead atoms. The molecule has 0 saturated heterocycles. The van der Waals surface area contributed by atoms with Crippen LogP contribution in [0.25, 0.3) is 0 Å². The highest BCUT2D eigenvalue weighted by Crippen LogP contribution is 2.24. The van der Waals surface area contributed by atoms with Gasteiger partial charge >= 0.3 is 5.97 Å². The van der Waals surface area contributed by atoms with Crippen molar-refractivity contribution < 1.29 is 14.3 Å². The van der Waals surface area contributed by atoms with Crippen molar-refractivity contribution in [3.63, 3.8) is 0 Å². The molecule has 0 aromatic heterocycles. The van der Waals surface area contributed by atoms with E-state index in [-0.39, 0.29) is 24.2 Å². The third kappa shape index (κ3) is 3.31. The highest BCUT2D eigenvalue weighted by Gasteiger charge is 2.21. The third-order valence-electron chi connectivity index (χ3n) is 2.66. The van der Waals surface area contributed by atoms with Crippen molar-refractivity contribution in [1.82, 2.24) is 0 Å². The molecule has 4 heteroatoms. The minimum Gasteiger partial charge on any atom is -0.481 e. The highest BCUT2D eigenvalue weighted by atomic mass is 19.1. The molecule has 3 N–H and O–H groups in total. The van der Waals surface area contributed by atoms with Crippen molar-refractivity contribution >= 4 is 5.97 Å². The molecule has 1 rings (SSSR count). The Morgan fingerprint density at radius 3 is 2.75 bits per heavy atom. The van der Waals surface area contributed by atoms with Crippen LogP contribution in [0, 0.1) is 5.82 Å². The van der Waals surface area contributed by atoms with Gasteiger partial charge in [-0.05, 0) is 24.1 Å².